The van der Waals surface area contributed by atoms with Gasteiger partial charge in [-0.15, -0.1) is 0 Å². The van der Waals surface area contributed by atoms with Crippen LogP contribution in [0.1, 0.15) is 60.8 Å². The molecule has 1 aliphatic carbocycles. The van der Waals surface area contributed by atoms with Gasteiger partial charge in [-0.3, -0.25) is 0 Å². The first kappa shape index (κ1) is 15.0. The van der Waals surface area contributed by atoms with Crippen LogP contribution in [0.25, 0.3) is 0 Å². The lowest BCUT2D eigenvalue weighted by molar-refractivity contribution is 0.243. The van der Waals surface area contributed by atoms with E-state index in [0.717, 1.165) is 12.5 Å². The summed E-state index contributed by atoms with van der Waals surface area (Å²) in [5.74, 6) is 0.861. The molecular formula is C15H32N2. The van der Waals surface area contributed by atoms with E-state index < -0.39 is 0 Å². The lowest BCUT2D eigenvalue weighted by atomic mass is 9.82. The molecule has 0 aromatic heterocycles. The van der Waals surface area contributed by atoms with Crippen molar-refractivity contribution in [2.24, 2.45) is 11.3 Å². The molecule has 0 amide bonds. The average molecular weight is 240 g/mol. The first-order valence-corrected chi connectivity index (χ1v) is 7.19. The van der Waals surface area contributed by atoms with Crippen molar-refractivity contribution in [3.8, 4) is 0 Å². The summed E-state index contributed by atoms with van der Waals surface area (Å²) < 4.78 is 0. The van der Waals surface area contributed by atoms with E-state index in [4.69, 9.17) is 0 Å². The average Bonchev–Trinajstić information content (AvgIpc) is 2.50. The van der Waals surface area contributed by atoms with E-state index in [1.807, 2.05) is 0 Å². The van der Waals surface area contributed by atoms with Crippen molar-refractivity contribution in [1.82, 2.24) is 10.6 Å². The Hall–Kier alpha value is -0.0800. The van der Waals surface area contributed by atoms with Crippen molar-refractivity contribution < 1.29 is 0 Å². The maximum absolute atomic E-state index is 3.69. The van der Waals surface area contributed by atoms with Gasteiger partial charge in [-0.25, -0.2) is 0 Å². The highest BCUT2D eigenvalue weighted by Gasteiger charge is 2.33. The molecule has 0 saturated heterocycles. The molecule has 0 aromatic carbocycles. The molecule has 1 fully saturated rings. The number of nitrogens with one attached hydrogen (secondary N) is 2. The molecule has 2 nitrogen and oxygen atoms in total. The number of hydrogen-bond acceptors (Lipinski definition) is 2. The molecule has 17 heavy (non-hydrogen) atoms. The van der Waals surface area contributed by atoms with Gasteiger partial charge in [0.1, 0.15) is 0 Å². The lowest BCUT2D eigenvalue weighted by Crippen LogP contribution is -2.46. The Morgan fingerprint density at radius 1 is 1.29 bits per heavy atom. The number of hydrogen-bond donors (Lipinski definition) is 2. The van der Waals surface area contributed by atoms with Crippen LogP contribution >= 0.6 is 0 Å². The normalized spacial score (nSPS) is 26.1. The molecule has 1 rings (SSSR count). The second-order valence-electron chi connectivity index (χ2n) is 7.52. The summed E-state index contributed by atoms with van der Waals surface area (Å²) in [6.45, 7) is 16.0. The van der Waals surface area contributed by atoms with E-state index in [1.165, 1.54) is 25.8 Å². The van der Waals surface area contributed by atoms with Gasteiger partial charge >= 0.3 is 0 Å². The molecule has 1 aliphatic rings. The minimum absolute atomic E-state index is 0.225. The van der Waals surface area contributed by atoms with Gasteiger partial charge in [-0.2, -0.15) is 0 Å². The smallest absolute Gasteiger partial charge is 0.0164 e. The van der Waals surface area contributed by atoms with E-state index in [2.05, 4.69) is 52.2 Å². The van der Waals surface area contributed by atoms with Crippen LogP contribution in [0.4, 0.5) is 0 Å². The molecule has 0 aromatic rings. The van der Waals surface area contributed by atoms with Crippen LogP contribution in [0.15, 0.2) is 0 Å². The molecule has 2 N–H and O–H groups in total. The summed E-state index contributed by atoms with van der Waals surface area (Å²) in [7, 11) is 0. The van der Waals surface area contributed by atoms with E-state index in [-0.39, 0.29) is 5.54 Å². The number of rotatable bonds is 5. The highest BCUT2D eigenvalue weighted by molar-refractivity contribution is 4.87. The van der Waals surface area contributed by atoms with Gasteiger partial charge in [0.2, 0.25) is 0 Å². The van der Waals surface area contributed by atoms with Gasteiger partial charge in [-0.05, 0) is 58.4 Å². The van der Waals surface area contributed by atoms with Crippen LogP contribution in [0, 0.1) is 11.3 Å². The van der Waals surface area contributed by atoms with Crippen molar-refractivity contribution in [3.05, 3.63) is 0 Å². The van der Waals surface area contributed by atoms with Crippen LogP contribution in [-0.2, 0) is 0 Å². The largest absolute Gasteiger partial charge is 0.313 e. The van der Waals surface area contributed by atoms with E-state index >= 15 is 0 Å². The molecule has 102 valence electrons. The molecule has 0 bridgehead atoms. The summed E-state index contributed by atoms with van der Waals surface area (Å²) in [6.07, 6.45) is 4.21. The van der Waals surface area contributed by atoms with Crippen molar-refractivity contribution in [1.29, 1.82) is 0 Å². The van der Waals surface area contributed by atoms with Gasteiger partial charge in [0.15, 0.2) is 0 Å². The van der Waals surface area contributed by atoms with Crippen molar-refractivity contribution >= 4 is 0 Å². The molecular weight excluding hydrogens is 208 g/mol. The summed E-state index contributed by atoms with van der Waals surface area (Å²) in [4.78, 5) is 0. The van der Waals surface area contributed by atoms with E-state index in [9.17, 15) is 0 Å². The Balaban J connectivity index is 2.22. The van der Waals surface area contributed by atoms with Crippen LogP contribution in [-0.4, -0.2) is 24.7 Å². The SMILES string of the molecule is CC(CNC(C)(C)C)NCC1CCCC1(C)C. The fraction of sp³-hybridized carbons (Fsp3) is 1.00. The molecule has 0 aliphatic heterocycles. The zero-order valence-electron chi connectivity index (χ0n) is 12.7. The Morgan fingerprint density at radius 3 is 2.41 bits per heavy atom. The van der Waals surface area contributed by atoms with Crippen LogP contribution in [0.5, 0.6) is 0 Å². The third-order valence-corrected chi connectivity index (χ3v) is 4.13. The van der Waals surface area contributed by atoms with E-state index in [0.29, 0.717) is 11.5 Å². The first-order valence-electron chi connectivity index (χ1n) is 7.19. The topological polar surface area (TPSA) is 24.1 Å². The summed E-state index contributed by atoms with van der Waals surface area (Å²) >= 11 is 0. The second kappa shape index (κ2) is 5.71. The van der Waals surface area contributed by atoms with Gasteiger partial charge in [-0.1, -0.05) is 20.3 Å². The predicted octanol–water partition coefficient (Wildman–Crippen LogP) is 3.18. The lowest BCUT2D eigenvalue weighted by Gasteiger charge is -2.29. The Labute approximate surface area is 108 Å². The zero-order valence-corrected chi connectivity index (χ0v) is 12.7. The Kier molecular flexibility index (Phi) is 5.03. The maximum Gasteiger partial charge on any atom is 0.0164 e. The predicted molar refractivity (Wildman–Crippen MR) is 76.3 cm³/mol. The third kappa shape index (κ3) is 5.39. The molecule has 2 heteroatoms. The first-order chi connectivity index (χ1) is 7.71. The molecule has 0 heterocycles. The van der Waals surface area contributed by atoms with Gasteiger partial charge in [0, 0.05) is 18.1 Å². The standard InChI is InChI=1S/C15H32N2/c1-12(10-17-14(2,3)4)16-11-13-8-7-9-15(13,5)6/h12-13,16-17H,7-11H2,1-6H3. The molecule has 0 spiro atoms. The molecule has 2 unspecified atom stereocenters. The summed E-state index contributed by atoms with van der Waals surface area (Å²) in [5, 5.41) is 7.25. The van der Waals surface area contributed by atoms with Crippen LogP contribution in [0.2, 0.25) is 0 Å². The van der Waals surface area contributed by atoms with Crippen LogP contribution < -0.4 is 10.6 Å². The monoisotopic (exact) mass is 240 g/mol. The summed E-state index contributed by atoms with van der Waals surface area (Å²) in [6, 6.07) is 0.561. The fourth-order valence-electron chi connectivity index (χ4n) is 2.65. The van der Waals surface area contributed by atoms with Crippen molar-refractivity contribution in [2.45, 2.75) is 72.4 Å². The maximum atomic E-state index is 3.69. The van der Waals surface area contributed by atoms with Crippen molar-refractivity contribution in [2.75, 3.05) is 13.1 Å². The molecule has 1 saturated carbocycles. The second-order valence-corrected chi connectivity index (χ2v) is 7.52. The highest BCUT2D eigenvalue weighted by Crippen LogP contribution is 2.41. The van der Waals surface area contributed by atoms with E-state index in [1.54, 1.807) is 0 Å². The Morgan fingerprint density at radius 2 is 1.94 bits per heavy atom. The van der Waals surface area contributed by atoms with Gasteiger partial charge in [0.25, 0.3) is 0 Å². The van der Waals surface area contributed by atoms with Gasteiger partial charge < -0.3 is 10.6 Å². The molecule has 0 radical (unpaired) electrons. The highest BCUT2D eigenvalue weighted by atomic mass is 15.0. The van der Waals surface area contributed by atoms with Crippen LogP contribution in [0.3, 0.4) is 0 Å². The summed E-state index contributed by atoms with van der Waals surface area (Å²) in [5.41, 5.74) is 0.771. The minimum Gasteiger partial charge on any atom is -0.313 e. The Bertz CT molecular complexity index is 228. The fourth-order valence-corrected chi connectivity index (χ4v) is 2.65. The minimum atomic E-state index is 0.225. The quantitative estimate of drug-likeness (QED) is 0.771. The van der Waals surface area contributed by atoms with Crippen molar-refractivity contribution in [3.63, 3.8) is 0 Å². The zero-order chi connectivity index (χ0) is 13.1. The molecule has 2 atom stereocenters. The third-order valence-electron chi connectivity index (χ3n) is 4.13. The van der Waals surface area contributed by atoms with Gasteiger partial charge in [0.05, 0.1) is 0 Å².